The van der Waals surface area contributed by atoms with Gasteiger partial charge in [0, 0.05) is 12.5 Å². The number of carbonyl (C=O) groups is 1. The van der Waals surface area contributed by atoms with E-state index in [1.807, 2.05) is 13.8 Å². The Morgan fingerprint density at radius 1 is 1.46 bits per heavy atom. The molecule has 3 heteroatoms. The maximum Gasteiger partial charge on any atom is 0.158 e. The number of hydrogen-bond acceptors (Lipinski definition) is 3. The van der Waals surface area contributed by atoms with E-state index in [0.29, 0.717) is 6.42 Å². The molecule has 3 nitrogen and oxygen atoms in total. The third kappa shape index (κ3) is 5.42. The van der Waals surface area contributed by atoms with E-state index in [1.54, 1.807) is 13.8 Å². The second-order valence-corrected chi connectivity index (χ2v) is 3.22. The Kier molecular flexibility index (Phi) is 5.39. The third-order valence-electron chi connectivity index (χ3n) is 1.55. The molecule has 0 aromatic rings. The Labute approximate surface area is 79.4 Å². The number of hydrogen-bond donors (Lipinski definition) is 1. The first-order chi connectivity index (χ1) is 5.97. The largest absolute Gasteiger partial charge is 0.509 e. The van der Waals surface area contributed by atoms with Gasteiger partial charge in [-0.3, -0.25) is 4.79 Å². The normalized spacial score (nSPS) is 14.7. The van der Waals surface area contributed by atoms with Gasteiger partial charge in [-0.2, -0.15) is 0 Å². The van der Waals surface area contributed by atoms with E-state index in [9.17, 15) is 9.90 Å². The van der Waals surface area contributed by atoms with Crippen LogP contribution in [0, 0.1) is 0 Å². The fourth-order valence-electron chi connectivity index (χ4n) is 0.862. The van der Waals surface area contributed by atoms with Gasteiger partial charge in [0.1, 0.15) is 11.9 Å². The maximum atomic E-state index is 10.9. The zero-order chi connectivity index (χ0) is 10.4. The minimum atomic E-state index is -0.407. The predicted octanol–water partition coefficient (Wildman–Crippen LogP) is 2.22. The number of aliphatic hydroxyl groups excluding tert-OH is 1. The van der Waals surface area contributed by atoms with Gasteiger partial charge >= 0.3 is 0 Å². The highest BCUT2D eigenvalue weighted by atomic mass is 16.5. The second-order valence-electron chi connectivity index (χ2n) is 3.22. The van der Waals surface area contributed by atoms with Crippen molar-refractivity contribution in [1.82, 2.24) is 0 Å². The van der Waals surface area contributed by atoms with Crippen molar-refractivity contribution in [1.29, 1.82) is 0 Å². The van der Waals surface area contributed by atoms with Gasteiger partial charge in [0.05, 0.1) is 6.10 Å². The topological polar surface area (TPSA) is 46.5 Å². The summed E-state index contributed by atoms with van der Waals surface area (Å²) >= 11 is 0. The van der Waals surface area contributed by atoms with Gasteiger partial charge in [0.2, 0.25) is 0 Å². The first-order valence-corrected chi connectivity index (χ1v) is 4.56. The Morgan fingerprint density at radius 2 is 2.00 bits per heavy atom. The summed E-state index contributed by atoms with van der Waals surface area (Å²) in [6, 6.07) is 0. The number of aliphatic hydroxyl groups is 1. The number of ether oxygens (including phenoxy) is 1. The van der Waals surface area contributed by atoms with Crippen molar-refractivity contribution in [2.75, 3.05) is 0 Å². The van der Waals surface area contributed by atoms with Crippen LogP contribution in [-0.2, 0) is 9.53 Å². The Morgan fingerprint density at radius 3 is 2.38 bits per heavy atom. The SMILES string of the molecule is CCC(=O)C=C(O)C(C)OC(C)C. The van der Waals surface area contributed by atoms with Crippen LogP contribution >= 0.6 is 0 Å². The van der Waals surface area contributed by atoms with Crippen LogP contribution in [0.5, 0.6) is 0 Å². The highest BCUT2D eigenvalue weighted by molar-refractivity contribution is 5.89. The summed E-state index contributed by atoms with van der Waals surface area (Å²) in [6.45, 7) is 7.23. The monoisotopic (exact) mass is 186 g/mol. The van der Waals surface area contributed by atoms with Crippen LogP contribution in [0.25, 0.3) is 0 Å². The number of carbonyl (C=O) groups excluding carboxylic acids is 1. The summed E-state index contributed by atoms with van der Waals surface area (Å²) in [5.41, 5.74) is 0. The van der Waals surface area contributed by atoms with E-state index >= 15 is 0 Å². The van der Waals surface area contributed by atoms with E-state index in [-0.39, 0.29) is 17.6 Å². The molecule has 0 rings (SSSR count). The smallest absolute Gasteiger partial charge is 0.158 e. The highest BCUT2D eigenvalue weighted by Crippen LogP contribution is 2.06. The molecule has 76 valence electrons. The quantitative estimate of drug-likeness (QED) is 0.529. The molecule has 0 aliphatic carbocycles. The molecule has 0 fully saturated rings. The van der Waals surface area contributed by atoms with Crippen molar-refractivity contribution in [2.45, 2.75) is 46.3 Å². The average molecular weight is 186 g/mol. The molecule has 0 saturated carbocycles. The van der Waals surface area contributed by atoms with Crippen LogP contribution < -0.4 is 0 Å². The first kappa shape index (κ1) is 12.2. The van der Waals surface area contributed by atoms with Gasteiger partial charge in [-0.05, 0) is 20.8 Å². The first-order valence-electron chi connectivity index (χ1n) is 4.56. The lowest BCUT2D eigenvalue weighted by Gasteiger charge is -2.14. The lowest BCUT2D eigenvalue weighted by Crippen LogP contribution is -2.17. The molecule has 0 amide bonds. The molecule has 0 spiro atoms. The van der Waals surface area contributed by atoms with Crippen LogP contribution in [0.2, 0.25) is 0 Å². The van der Waals surface area contributed by atoms with Crippen molar-refractivity contribution in [3.8, 4) is 0 Å². The minimum absolute atomic E-state index is 0.000509. The van der Waals surface area contributed by atoms with Crippen LogP contribution in [-0.4, -0.2) is 23.1 Å². The molecular weight excluding hydrogens is 168 g/mol. The summed E-state index contributed by atoms with van der Waals surface area (Å²) in [5, 5.41) is 9.38. The van der Waals surface area contributed by atoms with Gasteiger partial charge in [0.25, 0.3) is 0 Å². The lowest BCUT2D eigenvalue weighted by atomic mass is 10.2. The van der Waals surface area contributed by atoms with Crippen molar-refractivity contribution in [2.24, 2.45) is 0 Å². The molecule has 0 radical (unpaired) electrons. The van der Waals surface area contributed by atoms with Gasteiger partial charge in [-0.15, -0.1) is 0 Å². The molecule has 0 aromatic heterocycles. The highest BCUT2D eigenvalue weighted by Gasteiger charge is 2.10. The average Bonchev–Trinajstić information content (AvgIpc) is 2.02. The molecule has 0 aliphatic heterocycles. The van der Waals surface area contributed by atoms with E-state index < -0.39 is 6.10 Å². The van der Waals surface area contributed by atoms with E-state index in [2.05, 4.69) is 0 Å². The predicted molar refractivity (Wildman–Crippen MR) is 51.7 cm³/mol. The van der Waals surface area contributed by atoms with Crippen LogP contribution in [0.3, 0.4) is 0 Å². The minimum Gasteiger partial charge on any atom is -0.509 e. The van der Waals surface area contributed by atoms with E-state index in [1.165, 1.54) is 6.08 Å². The Bertz CT molecular complexity index is 194. The Balaban J connectivity index is 4.15. The Hall–Kier alpha value is -0.830. The summed E-state index contributed by atoms with van der Waals surface area (Å²) in [7, 11) is 0. The van der Waals surface area contributed by atoms with E-state index in [4.69, 9.17) is 4.74 Å². The number of ketones is 1. The van der Waals surface area contributed by atoms with Crippen molar-refractivity contribution in [3.05, 3.63) is 11.8 Å². The van der Waals surface area contributed by atoms with Crippen molar-refractivity contribution >= 4 is 5.78 Å². The van der Waals surface area contributed by atoms with Crippen molar-refractivity contribution in [3.63, 3.8) is 0 Å². The molecular formula is C10H18O3. The van der Waals surface area contributed by atoms with Gasteiger partial charge in [-0.25, -0.2) is 0 Å². The second kappa shape index (κ2) is 5.75. The number of allylic oxidation sites excluding steroid dienone is 1. The molecule has 1 atom stereocenters. The summed E-state index contributed by atoms with van der Waals surface area (Å²) in [5.74, 6) is -0.0859. The van der Waals surface area contributed by atoms with Crippen LogP contribution in [0.4, 0.5) is 0 Å². The fourth-order valence-corrected chi connectivity index (χ4v) is 0.862. The molecule has 0 aliphatic rings. The number of rotatable bonds is 5. The van der Waals surface area contributed by atoms with Gasteiger partial charge in [0.15, 0.2) is 5.78 Å². The summed E-state index contributed by atoms with van der Waals surface area (Å²) in [6.07, 6.45) is 1.27. The zero-order valence-electron chi connectivity index (χ0n) is 8.70. The molecule has 0 heterocycles. The molecule has 0 bridgehead atoms. The molecule has 0 saturated heterocycles. The molecule has 0 aromatic carbocycles. The lowest BCUT2D eigenvalue weighted by molar-refractivity contribution is -0.114. The van der Waals surface area contributed by atoms with Crippen LogP contribution in [0.15, 0.2) is 11.8 Å². The summed E-state index contributed by atoms with van der Waals surface area (Å²) in [4.78, 5) is 10.9. The fraction of sp³-hybridized carbons (Fsp3) is 0.700. The van der Waals surface area contributed by atoms with Crippen molar-refractivity contribution < 1.29 is 14.6 Å². The summed E-state index contributed by atoms with van der Waals surface area (Å²) < 4.78 is 5.29. The molecule has 1 unspecified atom stereocenters. The molecule has 13 heavy (non-hydrogen) atoms. The standard InChI is InChI=1S/C10H18O3/c1-5-9(11)6-10(12)8(4)13-7(2)3/h6-8,12H,5H2,1-4H3. The maximum absolute atomic E-state index is 10.9. The van der Waals surface area contributed by atoms with Gasteiger partial charge < -0.3 is 9.84 Å². The zero-order valence-corrected chi connectivity index (χ0v) is 8.70. The van der Waals surface area contributed by atoms with Crippen LogP contribution in [0.1, 0.15) is 34.1 Å². The molecule has 1 N–H and O–H groups in total. The third-order valence-corrected chi connectivity index (χ3v) is 1.55. The van der Waals surface area contributed by atoms with Gasteiger partial charge in [-0.1, -0.05) is 6.92 Å². The van der Waals surface area contributed by atoms with E-state index in [0.717, 1.165) is 0 Å².